The lowest BCUT2D eigenvalue weighted by Crippen LogP contribution is -2.32. The molecule has 0 aliphatic heterocycles. The number of carbonyl (C=O) groups excluding carboxylic acids is 2. The van der Waals surface area contributed by atoms with Crippen LogP contribution in [-0.4, -0.2) is 36.5 Å². The van der Waals surface area contributed by atoms with Gasteiger partial charge in [-0.2, -0.15) is 4.99 Å². The number of rotatable bonds is 4. The summed E-state index contributed by atoms with van der Waals surface area (Å²) < 4.78 is 0. The first-order valence-electron chi connectivity index (χ1n) is 3.57. The van der Waals surface area contributed by atoms with E-state index in [1.54, 1.807) is 4.90 Å². The van der Waals surface area contributed by atoms with E-state index < -0.39 is 0 Å². The van der Waals surface area contributed by atoms with Crippen molar-refractivity contribution in [2.45, 2.75) is 13.8 Å². The lowest BCUT2D eigenvalue weighted by molar-refractivity contribution is -0.129. The van der Waals surface area contributed by atoms with Crippen molar-refractivity contribution in [3.05, 3.63) is 0 Å². The van der Waals surface area contributed by atoms with Gasteiger partial charge in [0.25, 0.3) is 0 Å². The highest BCUT2D eigenvalue weighted by atomic mass is 16.2. The number of likely N-dealkylation sites (N-methyl/N-ethyl adjacent to an activating group) is 1. The van der Waals surface area contributed by atoms with Gasteiger partial charge >= 0.3 is 0 Å². The molecule has 0 aromatic carbocycles. The molecule has 0 fully saturated rings. The van der Waals surface area contributed by atoms with Gasteiger partial charge in [-0.05, 0) is 13.8 Å². The maximum atomic E-state index is 11.0. The molecule has 0 radical (unpaired) electrons. The summed E-state index contributed by atoms with van der Waals surface area (Å²) >= 11 is 0. The number of hydrogen-bond acceptors (Lipinski definition) is 3. The number of isocyanates is 1. The molecule has 0 aromatic heterocycles. The molecule has 0 aliphatic rings. The average molecular weight is 156 g/mol. The van der Waals surface area contributed by atoms with Crippen molar-refractivity contribution in [2.75, 3.05) is 19.6 Å². The Bertz CT molecular complexity index is 169. The quantitative estimate of drug-likeness (QED) is 0.431. The minimum absolute atomic E-state index is 0.0782. The summed E-state index contributed by atoms with van der Waals surface area (Å²) in [6.07, 6.45) is 1.33. The van der Waals surface area contributed by atoms with Crippen LogP contribution in [0.4, 0.5) is 0 Å². The standard InChI is InChI=1S/C7H12N2O2/c1-3-9(4-2)7(11)5-8-6-10/h3-5H2,1-2H3. The number of nitrogens with zero attached hydrogens (tertiary/aromatic N) is 2. The van der Waals surface area contributed by atoms with Gasteiger partial charge in [-0.25, -0.2) is 4.79 Å². The summed E-state index contributed by atoms with van der Waals surface area (Å²) in [5.74, 6) is -0.127. The Morgan fingerprint density at radius 3 is 2.36 bits per heavy atom. The monoisotopic (exact) mass is 156 g/mol. The van der Waals surface area contributed by atoms with Gasteiger partial charge in [-0.15, -0.1) is 0 Å². The van der Waals surface area contributed by atoms with Crippen molar-refractivity contribution < 1.29 is 9.59 Å². The second-order valence-corrected chi connectivity index (χ2v) is 1.97. The van der Waals surface area contributed by atoms with Crippen molar-refractivity contribution in [2.24, 2.45) is 4.99 Å². The largest absolute Gasteiger partial charge is 0.342 e. The normalized spacial score (nSPS) is 8.55. The van der Waals surface area contributed by atoms with E-state index in [2.05, 4.69) is 4.99 Å². The third kappa shape index (κ3) is 3.53. The number of hydrogen-bond donors (Lipinski definition) is 0. The van der Waals surface area contributed by atoms with Crippen LogP contribution in [0.25, 0.3) is 0 Å². The van der Waals surface area contributed by atoms with Crippen LogP contribution in [0.5, 0.6) is 0 Å². The molecule has 0 aromatic rings. The van der Waals surface area contributed by atoms with Gasteiger partial charge in [-0.1, -0.05) is 0 Å². The van der Waals surface area contributed by atoms with Gasteiger partial charge in [0, 0.05) is 13.1 Å². The third-order valence-corrected chi connectivity index (χ3v) is 1.40. The summed E-state index contributed by atoms with van der Waals surface area (Å²) in [5, 5.41) is 0. The maximum absolute atomic E-state index is 11.0. The lowest BCUT2D eigenvalue weighted by Gasteiger charge is -2.16. The average Bonchev–Trinajstić information content (AvgIpc) is 2.03. The first-order valence-corrected chi connectivity index (χ1v) is 3.57. The summed E-state index contributed by atoms with van der Waals surface area (Å²) in [5.41, 5.74) is 0. The molecule has 1 amide bonds. The molecular formula is C7H12N2O2. The highest BCUT2D eigenvalue weighted by molar-refractivity contribution is 5.78. The smallest absolute Gasteiger partial charge is 0.245 e. The maximum Gasteiger partial charge on any atom is 0.245 e. The van der Waals surface area contributed by atoms with Gasteiger partial charge in [0.05, 0.1) is 0 Å². The summed E-state index contributed by atoms with van der Waals surface area (Å²) in [6.45, 7) is 5.00. The summed E-state index contributed by atoms with van der Waals surface area (Å²) in [4.78, 5) is 25.5. The van der Waals surface area contributed by atoms with E-state index in [0.717, 1.165) is 0 Å². The number of aliphatic imine (C=N–C) groups is 1. The fourth-order valence-corrected chi connectivity index (χ4v) is 0.776. The molecule has 0 saturated heterocycles. The van der Waals surface area contributed by atoms with Crippen LogP contribution in [0.2, 0.25) is 0 Å². The summed E-state index contributed by atoms with van der Waals surface area (Å²) in [6, 6.07) is 0. The molecule has 0 spiro atoms. The van der Waals surface area contributed by atoms with E-state index in [9.17, 15) is 9.59 Å². The lowest BCUT2D eigenvalue weighted by atomic mass is 10.4. The zero-order valence-corrected chi connectivity index (χ0v) is 6.83. The van der Waals surface area contributed by atoms with Gasteiger partial charge in [0.1, 0.15) is 6.54 Å². The van der Waals surface area contributed by atoms with Crippen LogP contribution in [0, 0.1) is 0 Å². The van der Waals surface area contributed by atoms with E-state index in [0.29, 0.717) is 13.1 Å². The second kappa shape index (κ2) is 5.62. The van der Waals surface area contributed by atoms with Crippen molar-refractivity contribution in [1.29, 1.82) is 0 Å². The SMILES string of the molecule is CCN(CC)C(=O)CN=C=O. The molecule has 62 valence electrons. The predicted molar refractivity (Wildman–Crippen MR) is 40.9 cm³/mol. The molecule has 0 saturated carbocycles. The Morgan fingerprint density at radius 1 is 1.45 bits per heavy atom. The molecule has 0 heterocycles. The fraction of sp³-hybridized carbons (Fsp3) is 0.714. The first-order chi connectivity index (χ1) is 5.26. The zero-order chi connectivity index (χ0) is 8.69. The molecule has 4 heteroatoms. The predicted octanol–water partition coefficient (Wildman–Crippen LogP) is 0.191. The highest BCUT2D eigenvalue weighted by Crippen LogP contribution is 1.88. The zero-order valence-electron chi connectivity index (χ0n) is 6.83. The molecule has 0 N–H and O–H groups in total. The van der Waals surface area contributed by atoms with Crippen LogP contribution in [-0.2, 0) is 9.59 Å². The number of carbonyl (C=O) groups is 1. The van der Waals surface area contributed by atoms with Crippen molar-refractivity contribution >= 4 is 12.0 Å². The Balaban J connectivity index is 3.88. The van der Waals surface area contributed by atoms with E-state index in [1.807, 2.05) is 13.8 Å². The Labute approximate surface area is 65.9 Å². The molecule has 4 nitrogen and oxygen atoms in total. The van der Waals surface area contributed by atoms with Crippen LogP contribution in [0.1, 0.15) is 13.8 Å². The minimum atomic E-state index is -0.127. The molecule has 0 rings (SSSR count). The molecule has 0 aliphatic carbocycles. The molecule has 0 atom stereocenters. The van der Waals surface area contributed by atoms with E-state index in [-0.39, 0.29) is 12.5 Å². The van der Waals surface area contributed by atoms with Gasteiger partial charge in [0.15, 0.2) is 0 Å². The van der Waals surface area contributed by atoms with Crippen LogP contribution in [0.3, 0.4) is 0 Å². The minimum Gasteiger partial charge on any atom is -0.342 e. The Morgan fingerprint density at radius 2 is 2.00 bits per heavy atom. The Kier molecular flexibility index (Phi) is 5.03. The van der Waals surface area contributed by atoms with E-state index >= 15 is 0 Å². The summed E-state index contributed by atoms with van der Waals surface area (Å²) in [7, 11) is 0. The first kappa shape index (κ1) is 9.85. The Hall–Kier alpha value is -1.15. The van der Waals surface area contributed by atoms with Crippen LogP contribution >= 0.6 is 0 Å². The molecule has 0 bridgehead atoms. The topological polar surface area (TPSA) is 49.7 Å². The van der Waals surface area contributed by atoms with Crippen LogP contribution < -0.4 is 0 Å². The van der Waals surface area contributed by atoms with E-state index in [1.165, 1.54) is 6.08 Å². The fourth-order valence-electron chi connectivity index (χ4n) is 0.776. The molecule has 11 heavy (non-hydrogen) atoms. The van der Waals surface area contributed by atoms with E-state index in [4.69, 9.17) is 0 Å². The van der Waals surface area contributed by atoms with Crippen molar-refractivity contribution in [3.63, 3.8) is 0 Å². The van der Waals surface area contributed by atoms with Crippen molar-refractivity contribution in [3.8, 4) is 0 Å². The number of amides is 1. The molecule has 0 unspecified atom stereocenters. The highest BCUT2D eigenvalue weighted by Gasteiger charge is 2.06. The van der Waals surface area contributed by atoms with Crippen LogP contribution in [0.15, 0.2) is 4.99 Å². The second-order valence-electron chi connectivity index (χ2n) is 1.97. The van der Waals surface area contributed by atoms with Gasteiger partial charge < -0.3 is 4.90 Å². The van der Waals surface area contributed by atoms with Gasteiger partial charge in [-0.3, -0.25) is 4.79 Å². The third-order valence-electron chi connectivity index (χ3n) is 1.40. The van der Waals surface area contributed by atoms with Gasteiger partial charge in [0.2, 0.25) is 12.0 Å². The molecular weight excluding hydrogens is 144 g/mol. The van der Waals surface area contributed by atoms with Crippen molar-refractivity contribution in [1.82, 2.24) is 4.90 Å².